The SMILES string of the molecule is C=C/C(C)=C\c1[nH]c(NC(=S)N2CCN(c3cccc(C(F)(F)F)c3)CC2)nc1C. The molecule has 3 rings (SSSR count). The number of alkyl halides is 3. The summed E-state index contributed by atoms with van der Waals surface area (Å²) in [5, 5.41) is 3.65. The Morgan fingerprint density at radius 3 is 2.60 bits per heavy atom. The van der Waals surface area contributed by atoms with Gasteiger partial charge in [-0.2, -0.15) is 13.2 Å². The van der Waals surface area contributed by atoms with Crippen LogP contribution >= 0.6 is 12.2 Å². The zero-order valence-corrected chi connectivity index (χ0v) is 17.7. The lowest BCUT2D eigenvalue weighted by Crippen LogP contribution is -2.50. The smallest absolute Gasteiger partial charge is 0.368 e. The normalized spacial score (nSPS) is 15.3. The van der Waals surface area contributed by atoms with Gasteiger partial charge < -0.3 is 20.1 Å². The molecule has 1 aliphatic rings. The van der Waals surface area contributed by atoms with Gasteiger partial charge >= 0.3 is 6.18 Å². The fraction of sp³-hybridized carbons (Fsp3) is 0.333. The third kappa shape index (κ3) is 5.21. The van der Waals surface area contributed by atoms with Crippen molar-refractivity contribution >= 4 is 35.0 Å². The molecule has 2 heterocycles. The van der Waals surface area contributed by atoms with Crippen molar-refractivity contribution in [3.63, 3.8) is 0 Å². The highest BCUT2D eigenvalue weighted by atomic mass is 32.1. The number of piperazine rings is 1. The largest absolute Gasteiger partial charge is 0.416 e. The lowest BCUT2D eigenvalue weighted by molar-refractivity contribution is -0.137. The van der Waals surface area contributed by atoms with Gasteiger partial charge in [0.05, 0.1) is 17.0 Å². The van der Waals surface area contributed by atoms with Crippen LogP contribution in [0.15, 0.2) is 42.5 Å². The molecule has 1 fully saturated rings. The van der Waals surface area contributed by atoms with Gasteiger partial charge in [-0.05, 0) is 55.9 Å². The maximum Gasteiger partial charge on any atom is 0.416 e. The van der Waals surface area contributed by atoms with E-state index in [9.17, 15) is 13.2 Å². The van der Waals surface area contributed by atoms with Crippen molar-refractivity contribution in [2.24, 2.45) is 0 Å². The summed E-state index contributed by atoms with van der Waals surface area (Å²) in [5.41, 5.74) is 2.67. The second-order valence-electron chi connectivity index (χ2n) is 7.13. The number of rotatable bonds is 4. The van der Waals surface area contributed by atoms with E-state index in [-0.39, 0.29) is 0 Å². The van der Waals surface area contributed by atoms with Crippen molar-refractivity contribution in [3.8, 4) is 0 Å². The number of aryl methyl sites for hydroxylation is 1. The molecule has 2 aromatic rings. The molecule has 1 aromatic heterocycles. The number of anilines is 2. The average Bonchev–Trinajstić information content (AvgIpc) is 3.06. The molecule has 160 valence electrons. The summed E-state index contributed by atoms with van der Waals surface area (Å²) in [5.74, 6) is 0.556. The molecular weight excluding hydrogens is 411 g/mol. The molecule has 1 aliphatic heterocycles. The number of hydrogen-bond donors (Lipinski definition) is 2. The molecule has 9 heteroatoms. The Bertz CT molecular complexity index is 956. The number of nitrogens with one attached hydrogen (secondary N) is 2. The van der Waals surface area contributed by atoms with Gasteiger partial charge in [0.15, 0.2) is 5.11 Å². The van der Waals surface area contributed by atoms with E-state index in [1.165, 1.54) is 12.1 Å². The number of thiocarbonyl (C=S) groups is 1. The number of H-pyrrole nitrogens is 1. The Hall–Kier alpha value is -2.81. The Balaban J connectivity index is 1.60. The van der Waals surface area contributed by atoms with Crippen LogP contribution in [0.5, 0.6) is 0 Å². The van der Waals surface area contributed by atoms with Crippen molar-refractivity contribution < 1.29 is 13.2 Å². The summed E-state index contributed by atoms with van der Waals surface area (Å²) in [6.45, 7) is 9.95. The molecule has 2 N–H and O–H groups in total. The molecule has 5 nitrogen and oxygen atoms in total. The standard InChI is InChI=1S/C21H24F3N5S/c1-4-14(2)12-18-15(3)25-19(26-18)27-20(30)29-10-8-28(9-11-29)17-7-5-6-16(13-17)21(22,23)24/h4-7,12-13H,1,8-11H2,2-3H3,(H2,25,26,27,30)/b14-12-. The van der Waals surface area contributed by atoms with Crippen LogP contribution in [-0.4, -0.2) is 46.2 Å². The van der Waals surface area contributed by atoms with E-state index in [0.717, 1.165) is 23.0 Å². The minimum atomic E-state index is -4.34. The average molecular weight is 436 g/mol. The first-order valence-corrected chi connectivity index (χ1v) is 9.93. The molecule has 1 aromatic carbocycles. The molecule has 0 amide bonds. The Morgan fingerprint density at radius 1 is 1.27 bits per heavy atom. The quantitative estimate of drug-likeness (QED) is 0.531. The molecule has 0 unspecified atom stereocenters. The van der Waals surface area contributed by atoms with E-state index in [0.29, 0.717) is 42.9 Å². The van der Waals surface area contributed by atoms with E-state index >= 15 is 0 Å². The van der Waals surface area contributed by atoms with Crippen molar-refractivity contribution in [2.45, 2.75) is 20.0 Å². The Labute approximate surface area is 179 Å². The van der Waals surface area contributed by atoms with Crippen LogP contribution in [0.3, 0.4) is 0 Å². The van der Waals surface area contributed by atoms with Crippen LogP contribution < -0.4 is 10.2 Å². The van der Waals surface area contributed by atoms with Gasteiger partial charge in [0.25, 0.3) is 0 Å². The summed E-state index contributed by atoms with van der Waals surface area (Å²) in [6, 6.07) is 5.42. The molecule has 0 saturated carbocycles. The van der Waals surface area contributed by atoms with Crippen molar-refractivity contribution in [3.05, 3.63) is 59.4 Å². The summed E-state index contributed by atoms with van der Waals surface area (Å²) in [4.78, 5) is 11.6. The fourth-order valence-electron chi connectivity index (χ4n) is 3.19. The van der Waals surface area contributed by atoms with Gasteiger partial charge in [-0.25, -0.2) is 4.98 Å². The van der Waals surface area contributed by atoms with Crippen LogP contribution in [0.25, 0.3) is 6.08 Å². The minimum absolute atomic E-state index is 0.531. The summed E-state index contributed by atoms with van der Waals surface area (Å²) in [7, 11) is 0. The van der Waals surface area contributed by atoms with Crippen molar-refractivity contribution in [2.75, 3.05) is 36.4 Å². The maximum atomic E-state index is 13.0. The van der Waals surface area contributed by atoms with Gasteiger partial charge in [0, 0.05) is 31.9 Å². The zero-order valence-electron chi connectivity index (χ0n) is 16.9. The lowest BCUT2D eigenvalue weighted by atomic mass is 10.1. The van der Waals surface area contributed by atoms with Crippen molar-refractivity contribution in [1.29, 1.82) is 0 Å². The number of allylic oxidation sites excluding steroid dienone is 2. The minimum Gasteiger partial charge on any atom is -0.368 e. The monoisotopic (exact) mass is 435 g/mol. The molecule has 0 radical (unpaired) electrons. The number of aromatic amines is 1. The first-order valence-electron chi connectivity index (χ1n) is 9.53. The van der Waals surface area contributed by atoms with Crippen LogP contribution in [0, 0.1) is 6.92 Å². The fourth-order valence-corrected chi connectivity index (χ4v) is 3.47. The number of imidazole rings is 1. The van der Waals surface area contributed by atoms with E-state index in [4.69, 9.17) is 12.2 Å². The predicted octanol–water partition coefficient (Wildman–Crippen LogP) is 4.85. The summed E-state index contributed by atoms with van der Waals surface area (Å²) >= 11 is 5.50. The van der Waals surface area contributed by atoms with Gasteiger partial charge in [0.2, 0.25) is 5.95 Å². The second kappa shape index (κ2) is 8.91. The zero-order chi connectivity index (χ0) is 21.9. The van der Waals surface area contributed by atoms with Crippen LogP contribution in [-0.2, 0) is 6.18 Å². The summed E-state index contributed by atoms with van der Waals surface area (Å²) in [6.07, 6.45) is -0.623. The van der Waals surface area contributed by atoms with E-state index in [1.54, 1.807) is 12.1 Å². The number of halogens is 3. The molecule has 0 atom stereocenters. The lowest BCUT2D eigenvalue weighted by Gasteiger charge is -2.37. The Kier molecular flexibility index (Phi) is 6.50. The molecule has 0 spiro atoms. The third-order valence-corrected chi connectivity index (χ3v) is 5.31. The van der Waals surface area contributed by atoms with Crippen LogP contribution in [0.4, 0.5) is 24.8 Å². The number of aromatic nitrogens is 2. The van der Waals surface area contributed by atoms with Crippen LogP contribution in [0.1, 0.15) is 23.9 Å². The molecule has 1 saturated heterocycles. The molecule has 0 aliphatic carbocycles. The highest BCUT2D eigenvalue weighted by Gasteiger charge is 2.31. The van der Waals surface area contributed by atoms with Gasteiger partial charge in [-0.3, -0.25) is 0 Å². The number of nitrogens with zero attached hydrogens (tertiary/aromatic N) is 3. The van der Waals surface area contributed by atoms with Gasteiger partial charge in [0.1, 0.15) is 0 Å². The Morgan fingerprint density at radius 2 is 1.97 bits per heavy atom. The first-order chi connectivity index (χ1) is 14.2. The molecular formula is C21H24F3N5S. The van der Waals surface area contributed by atoms with Crippen molar-refractivity contribution in [1.82, 2.24) is 14.9 Å². The first kappa shape index (κ1) is 21.9. The van der Waals surface area contributed by atoms with Gasteiger partial charge in [-0.1, -0.05) is 18.7 Å². The highest BCUT2D eigenvalue weighted by molar-refractivity contribution is 7.80. The van der Waals surface area contributed by atoms with E-state index < -0.39 is 11.7 Å². The highest BCUT2D eigenvalue weighted by Crippen LogP contribution is 2.31. The number of hydrogen-bond acceptors (Lipinski definition) is 3. The molecule has 0 bridgehead atoms. The maximum absolute atomic E-state index is 13.0. The van der Waals surface area contributed by atoms with Gasteiger partial charge in [-0.15, -0.1) is 0 Å². The second-order valence-corrected chi connectivity index (χ2v) is 7.52. The number of benzene rings is 1. The predicted molar refractivity (Wildman–Crippen MR) is 119 cm³/mol. The van der Waals surface area contributed by atoms with E-state index in [2.05, 4.69) is 21.9 Å². The molecule has 30 heavy (non-hydrogen) atoms. The summed E-state index contributed by atoms with van der Waals surface area (Å²) < 4.78 is 38.9. The van der Waals surface area contributed by atoms with Crippen LogP contribution in [0.2, 0.25) is 0 Å². The van der Waals surface area contributed by atoms with E-state index in [1.807, 2.05) is 29.7 Å². The third-order valence-electron chi connectivity index (χ3n) is 4.95. The topological polar surface area (TPSA) is 47.2 Å².